The van der Waals surface area contributed by atoms with Crippen LogP contribution in [0.3, 0.4) is 0 Å². The third-order valence-corrected chi connectivity index (χ3v) is 8.89. The van der Waals surface area contributed by atoms with Crippen molar-refractivity contribution in [2.75, 3.05) is 11.7 Å². The molecule has 2 heterocycles. The van der Waals surface area contributed by atoms with Gasteiger partial charge in [0.2, 0.25) is 32.7 Å². The molecular weight excluding hydrogens is 541 g/mol. The number of hydrogen-bond acceptors (Lipinski definition) is 8. The number of benzene rings is 3. The number of primary sulfonamides is 1. The van der Waals surface area contributed by atoms with E-state index in [1.807, 2.05) is 0 Å². The number of carbonyl (C=O) groups excluding carboxylic acids is 2. The number of fused-ring (bicyclic) bond motifs is 1. The third kappa shape index (κ3) is 4.74. The van der Waals surface area contributed by atoms with Crippen LogP contribution in [-0.4, -0.2) is 45.8 Å². The Morgan fingerprint density at radius 1 is 0.895 bits per heavy atom. The van der Waals surface area contributed by atoms with Crippen LogP contribution in [0.5, 0.6) is 11.5 Å². The fraction of sp³-hybridized carbons (Fsp3) is 0.167. The van der Waals surface area contributed by atoms with Crippen molar-refractivity contribution in [3.8, 4) is 11.5 Å². The minimum atomic E-state index is -4.40. The van der Waals surface area contributed by atoms with E-state index in [-0.39, 0.29) is 28.8 Å². The highest BCUT2D eigenvalue weighted by atomic mass is 32.2. The summed E-state index contributed by atoms with van der Waals surface area (Å²) in [5, 5.41) is 5.11. The lowest BCUT2D eigenvalue weighted by molar-refractivity contribution is -0.122. The van der Waals surface area contributed by atoms with Gasteiger partial charge in [0, 0.05) is 6.54 Å². The van der Waals surface area contributed by atoms with Crippen molar-refractivity contribution in [1.82, 2.24) is 4.31 Å². The number of hydrogen-bond donors (Lipinski definition) is 1. The zero-order chi connectivity index (χ0) is 27.2. The van der Waals surface area contributed by atoms with E-state index in [1.165, 1.54) is 12.1 Å². The average Bonchev–Trinajstić information content (AvgIpc) is 3.45. The van der Waals surface area contributed by atoms with Gasteiger partial charge in [0.25, 0.3) is 5.91 Å². The molecule has 3 aromatic carbocycles. The average molecular weight is 562 g/mol. The van der Waals surface area contributed by atoms with Gasteiger partial charge in [0.1, 0.15) is 11.9 Å². The summed E-state index contributed by atoms with van der Waals surface area (Å²) < 4.78 is 75.6. The molecule has 5 rings (SSSR count). The number of ether oxygens (including phenoxy) is 2. The smallest absolute Gasteiger partial charge is 0.252 e. The number of nitrogens with zero attached hydrogens (tertiary/aromatic N) is 2. The molecule has 0 bridgehead atoms. The molecular formula is C24H20FN3O8S2. The second-order valence-corrected chi connectivity index (χ2v) is 12.0. The number of imide groups is 1. The number of nitrogens with two attached hydrogens (primary N) is 1. The van der Waals surface area contributed by atoms with Crippen LogP contribution < -0.4 is 19.5 Å². The molecule has 2 N–H and O–H groups in total. The van der Waals surface area contributed by atoms with Crippen molar-refractivity contribution in [1.29, 1.82) is 0 Å². The summed E-state index contributed by atoms with van der Waals surface area (Å²) >= 11 is 0. The number of carbonyl (C=O) groups is 2. The Kier molecular flexibility index (Phi) is 6.43. The number of halogens is 1. The first-order valence-corrected chi connectivity index (χ1v) is 14.1. The van der Waals surface area contributed by atoms with Gasteiger partial charge in [-0.2, -0.15) is 4.31 Å². The van der Waals surface area contributed by atoms with E-state index in [0.717, 1.165) is 45.6 Å². The Morgan fingerprint density at radius 3 is 2.18 bits per heavy atom. The van der Waals surface area contributed by atoms with E-state index >= 15 is 0 Å². The maximum absolute atomic E-state index is 13.7. The quantitative estimate of drug-likeness (QED) is 0.428. The van der Waals surface area contributed by atoms with Crippen molar-refractivity contribution >= 4 is 37.5 Å². The highest BCUT2D eigenvalue weighted by Gasteiger charge is 2.47. The van der Waals surface area contributed by atoms with Crippen LogP contribution in [0, 0.1) is 5.82 Å². The first kappa shape index (κ1) is 25.8. The highest BCUT2D eigenvalue weighted by molar-refractivity contribution is 7.89. The van der Waals surface area contributed by atoms with E-state index in [4.69, 9.17) is 14.6 Å². The maximum atomic E-state index is 13.7. The van der Waals surface area contributed by atoms with Gasteiger partial charge in [-0.25, -0.2) is 31.3 Å². The third-order valence-electron chi connectivity index (χ3n) is 6.09. The normalized spacial score (nSPS) is 17.4. The molecule has 11 nitrogen and oxygen atoms in total. The van der Waals surface area contributed by atoms with Gasteiger partial charge in [-0.3, -0.25) is 9.59 Å². The van der Waals surface area contributed by atoms with Crippen LogP contribution >= 0.6 is 0 Å². The molecule has 1 unspecified atom stereocenters. The number of anilines is 1. The van der Waals surface area contributed by atoms with E-state index in [9.17, 15) is 30.8 Å². The topological polar surface area (TPSA) is 153 Å². The molecule has 2 aliphatic heterocycles. The van der Waals surface area contributed by atoms with Crippen LogP contribution in [0.15, 0.2) is 76.5 Å². The van der Waals surface area contributed by atoms with Crippen LogP contribution in [-0.2, 0) is 36.2 Å². The van der Waals surface area contributed by atoms with Gasteiger partial charge in [0.05, 0.1) is 21.9 Å². The van der Waals surface area contributed by atoms with Crippen molar-refractivity contribution in [3.05, 3.63) is 78.1 Å². The first-order valence-electron chi connectivity index (χ1n) is 11.1. The SMILES string of the molecule is NS(=O)(=O)c1ccc(N2C(=O)CC(N(Cc3ccc4c(c3)OCO4)S(=O)(=O)c3ccc(F)cc3)C2=O)cc1. The second-order valence-electron chi connectivity index (χ2n) is 8.52. The van der Waals surface area contributed by atoms with Crippen LogP contribution in [0.4, 0.5) is 10.1 Å². The van der Waals surface area contributed by atoms with Crippen molar-refractivity contribution in [3.63, 3.8) is 0 Å². The molecule has 1 atom stereocenters. The molecule has 14 heteroatoms. The van der Waals surface area contributed by atoms with Crippen molar-refractivity contribution in [2.24, 2.45) is 5.14 Å². The largest absolute Gasteiger partial charge is 0.454 e. The van der Waals surface area contributed by atoms with E-state index in [2.05, 4.69) is 0 Å². The Morgan fingerprint density at radius 2 is 1.53 bits per heavy atom. The van der Waals surface area contributed by atoms with E-state index < -0.39 is 50.1 Å². The van der Waals surface area contributed by atoms with Crippen molar-refractivity contribution < 1.29 is 40.3 Å². The Hall–Kier alpha value is -3.85. The van der Waals surface area contributed by atoms with E-state index in [1.54, 1.807) is 18.2 Å². The lowest BCUT2D eigenvalue weighted by Gasteiger charge is -2.27. The second kappa shape index (κ2) is 9.47. The molecule has 0 aliphatic carbocycles. The lowest BCUT2D eigenvalue weighted by Crippen LogP contribution is -2.45. The van der Waals surface area contributed by atoms with E-state index in [0.29, 0.717) is 17.1 Å². The molecule has 198 valence electrons. The van der Waals surface area contributed by atoms with Crippen molar-refractivity contribution in [2.45, 2.75) is 28.8 Å². The molecule has 3 aromatic rings. The zero-order valence-corrected chi connectivity index (χ0v) is 21.1. The molecule has 1 saturated heterocycles. The van der Waals surface area contributed by atoms with Gasteiger partial charge in [0.15, 0.2) is 11.5 Å². The Balaban J connectivity index is 1.52. The van der Waals surface area contributed by atoms with Gasteiger partial charge in [-0.15, -0.1) is 0 Å². The van der Waals surface area contributed by atoms with Crippen LogP contribution in [0.25, 0.3) is 0 Å². The summed E-state index contributed by atoms with van der Waals surface area (Å²) in [5.41, 5.74) is 0.508. The molecule has 1 fully saturated rings. The zero-order valence-electron chi connectivity index (χ0n) is 19.5. The standard InChI is InChI=1S/C24H20FN3O8S2/c25-16-2-6-19(7-3-16)38(33,34)27(13-15-1-10-21-22(11-15)36-14-35-21)20-12-23(29)28(24(20)30)17-4-8-18(9-5-17)37(26,31)32/h1-11,20H,12-14H2,(H2,26,31,32). The molecule has 38 heavy (non-hydrogen) atoms. The fourth-order valence-corrected chi connectivity index (χ4v) is 6.31. The molecule has 2 aliphatic rings. The number of rotatable bonds is 7. The Labute approximate surface area is 217 Å². The molecule has 0 radical (unpaired) electrons. The molecule has 0 saturated carbocycles. The number of sulfonamides is 2. The molecule has 2 amide bonds. The summed E-state index contributed by atoms with van der Waals surface area (Å²) in [7, 11) is -8.41. The highest BCUT2D eigenvalue weighted by Crippen LogP contribution is 2.35. The maximum Gasteiger partial charge on any atom is 0.252 e. The molecule has 0 spiro atoms. The predicted molar refractivity (Wildman–Crippen MR) is 130 cm³/mol. The minimum Gasteiger partial charge on any atom is -0.454 e. The summed E-state index contributed by atoms with van der Waals surface area (Å²) in [6, 6.07) is 12.2. The lowest BCUT2D eigenvalue weighted by atomic mass is 10.1. The Bertz CT molecular complexity index is 1640. The van der Waals surface area contributed by atoms with Crippen LogP contribution in [0.1, 0.15) is 12.0 Å². The summed E-state index contributed by atoms with van der Waals surface area (Å²) in [5.74, 6) is -1.29. The summed E-state index contributed by atoms with van der Waals surface area (Å²) in [4.78, 5) is 26.8. The van der Waals surface area contributed by atoms with Gasteiger partial charge in [-0.05, 0) is 66.2 Å². The van der Waals surface area contributed by atoms with Gasteiger partial charge >= 0.3 is 0 Å². The van der Waals surface area contributed by atoms with Gasteiger partial charge in [-0.1, -0.05) is 6.07 Å². The predicted octanol–water partition coefficient (Wildman–Crippen LogP) is 1.72. The first-order chi connectivity index (χ1) is 17.9. The monoisotopic (exact) mass is 561 g/mol. The summed E-state index contributed by atoms with van der Waals surface area (Å²) in [6.45, 7) is -0.302. The minimum absolute atomic E-state index is 0.00516. The van der Waals surface area contributed by atoms with Gasteiger partial charge < -0.3 is 9.47 Å². The number of amides is 2. The summed E-state index contributed by atoms with van der Waals surface area (Å²) in [6.07, 6.45) is -0.471. The van der Waals surface area contributed by atoms with Crippen LogP contribution in [0.2, 0.25) is 0 Å². The fourth-order valence-electron chi connectivity index (χ4n) is 4.22. The molecule has 0 aromatic heterocycles.